The van der Waals surface area contributed by atoms with Crippen molar-refractivity contribution in [2.75, 3.05) is 6.61 Å². The minimum Gasteiger partial charge on any atom is -0.376 e. The van der Waals surface area contributed by atoms with Crippen molar-refractivity contribution in [2.24, 2.45) is 5.92 Å². The molecule has 0 saturated heterocycles. The van der Waals surface area contributed by atoms with E-state index in [0.29, 0.717) is 18.1 Å². The van der Waals surface area contributed by atoms with Gasteiger partial charge in [-0.25, -0.2) is 0 Å². The zero-order valence-corrected chi connectivity index (χ0v) is 10.8. The summed E-state index contributed by atoms with van der Waals surface area (Å²) in [7, 11) is 0. The van der Waals surface area contributed by atoms with Crippen LogP contribution in [-0.4, -0.2) is 18.8 Å². The van der Waals surface area contributed by atoms with Crippen molar-refractivity contribution in [2.45, 2.75) is 45.5 Å². The van der Waals surface area contributed by atoms with Crippen molar-refractivity contribution in [3.8, 4) is 0 Å². The van der Waals surface area contributed by atoms with Crippen LogP contribution in [0.5, 0.6) is 0 Å². The first-order chi connectivity index (χ1) is 8.24. The van der Waals surface area contributed by atoms with Crippen molar-refractivity contribution >= 4 is 0 Å². The number of rotatable bonds is 6. The quantitative estimate of drug-likeness (QED) is 0.751. The van der Waals surface area contributed by atoms with E-state index in [0.717, 1.165) is 26.1 Å². The van der Waals surface area contributed by atoms with E-state index in [-0.39, 0.29) is 0 Å². The van der Waals surface area contributed by atoms with Crippen LogP contribution in [0.2, 0.25) is 0 Å². The molecule has 1 aliphatic carbocycles. The average molecular weight is 234 g/mol. The predicted octanol–water partition coefficient (Wildman–Crippen LogP) is 3.41. The average Bonchev–Trinajstić information content (AvgIpc) is 2.26. The summed E-state index contributed by atoms with van der Waals surface area (Å²) < 4.78 is 11.4. The largest absolute Gasteiger partial charge is 0.376 e. The van der Waals surface area contributed by atoms with Gasteiger partial charge in [-0.15, -0.1) is 0 Å². The van der Waals surface area contributed by atoms with Crippen LogP contribution >= 0.6 is 0 Å². The van der Waals surface area contributed by atoms with Gasteiger partial charge in [-0.2, -0.15) is 0 Å². The number of hydrogen-bond donors (Lipinski definition) is 0. The molecule has 0 heterocycles. The van der Waals surface area contributed by atoms with Gasteiger partial charge in [0.25, 0.3) is 0 Å². The summed E-state index contributed by atoms with van der Waals surface area (Å²) in [5.74, 6) is 0.697. The van der Waals surface area contributed by atoms with Crippen LogP contribution in [0.3, 0.4) is 0 Å². The minimum absolute atomic E-state index is 0.353. The first-order valence-corrected chi connectivity index (χ1v) is 6.51. The summed E-state index contributed by atoms with van der Waals surface area (Å²) in [6, 6.07) is 10.3. The molecule has 2 heteroatoms. The second-order valence-electron chi connectivity index (χ2n) is 5.15. The van der Waals surface area contributed by atoms with Crippen molar-refractivity contribution < 1.29 is 9.47 Å². The molecular weight excluding hydrogens is 212 g/mol. The highest BCUT2D eigenvalue weighted by Gasteiger charge is 2.30. The molecule has 1 aliphatic rings. The Kier molecular flexibility index (Phi) is 4.57. The molecular formula is C15H22O2. The summed E-state index contributed by atoms with van der Waals surface area (Å²) in [6.45, 7) is 5.79. The highest BCUT2D eigenvalue weighted by molar-refractivity contribution is 5.13. The minimum atomic E-state index is 0.353. The molecule has 1 saturated carbocycles. The van der Waals surface area contributed by atoms with Crippen LogP contribution in [0.15, 0.2) is 30.3 Å². The first-order valence-electron chi connectivity index (χ1n) is 6.51. The predicted molar refractivity (Wildman–Crippen MR) is 68.8 cm³/mol. The molecule has 0 aromatic heterocycles. The second-order valence-corrected chi connectivity index (χ2v) is 5.15. The Bertz CT molecular complexity index is 315. The highest BCUT2D eigenvalue weighted by Crippen LogP contribution is 2.31. The zero-order chi connectivity index (χ0) is 12.1. The standard InChI is InChI=1S/C15H22O2/c1-12(2)17-15-8-14(9-15)11-16-10-13-6-4-3-5-7-13/h3-7,12,14-15H,8-11H2,1-2H3/t14-,15-. The molecule has 0 bridgehead atoms. The molecule has 0 atom stereocenters. The lowest BCUT2D eigenvalue weighted by atomic mass is 9.83. The second kappa shape index (κ2) is 6.18. The summed E-state index contributed by atoms with van der Waals surface area (Å²) >= 11 is 0. The lowest BCUT2D eigenvalue weighted by molar-refractivity contribution is -0.0820. The van der Waals surface area contributed by atoms with Crippen molar-refractivity contribution in [1.82, 2.24) is 0 Å². The molecule has 1 aromatic carbocycles. The molecule has 0 aliphatic heterocycles. The molecule has 0 amide bonds. The van der Waals surface area contributed by atoms with Gasteiger partial charge in [-0.1, -0.05) is 30.3 Å². The van der Waals surface area contributed by atoms with Crippen LogP contribution < -0.4 is 0 Å². The van der Waals surface area contributed by atoms with E-state index in [9.17, 15) is 0 Å². The Hall–Kier alpha value is -0.860. The van der Waals surface area contributed by atoms with E-state index in [1.807, 2.05) is 6.07 Å². The fourth-order valence-electron chi connectivity index (χ4n) is 2.22. The van der Waals surface area contributed by atoms with E-state index in [1.54, 1.807) is 0 Å². The number of ether oxygens (including phenoxy) is 2. The van der Waals surface area contributed by atoms with Gasteiger partial charge in [0.2, 0.25) is 0 Å². The van der Waals surface area contributed by atoms with Crippen LogP contribution in [0.1, 0.15) is 32.3 Å². The SMILES string of the molecule is CC(C)O[C@H]1C[C@H](COCc2ccccc2)C1. The topological polar surface area (TPSA) is 18.5 Å². The number of hydrogen-bond acceptors (Lipinski definition) is 2. The van der Waals surface area contributed by atoms with E-state index < -0.39 is 0 Å². The smallest absolute Gasteiger partial charge is 0.0717 e. The fraction of sp³-hybridized carbons (Fsp3) is 0.600. The van der Waals surface area contributed by atoms with Crippen molar-refractivity contribution in [1.29, 1.82) is 0 Å². The van der Waals surface area contributed by atoms with Gasteiger partial charge in [0.05, 0.1) is 25.4 Å². The normalized spacial score (nSPS) is 23.7. The molecule has 1 fully saturated rings. The van der Waals surface area contributed by atoms with Gasteiger partial charge in [0.1, 0.15) is 0 Å². The Morgan fingerprint density at radius 3 is 2.53 bits per heavy atom. The molecule has 94 valence electrons. The third-order valence-corrected chi connectivity index (χ3v) is 3.12. The van der Waals surface area contributed by atoms with E-state index >= 15 is 0 Å². The monoisotopic (exact) mass is 234 g/mol. The Morgan fingerprint density at radius 1 is 1.18 bits per heavy atom. The summed E-state index contributed by atoms with van der Waals surface area (Å²) in [6.07, 6.45) is 3.14. The van der Waals surface area contributed by atoms with Crippen LogP contribution in [0.4, 0.5) is 0 Å². The third-order valence-electron chi connectivity index (χ3n) is 3.12. The first kappa shape index (κ1) is 12.6. The van der Waals surface area contributed by atoms with Crippen molar-refractivity contribution in [3.63, 3.8) is 0 Å². The van der Waals surface area contributed by atoms with Crippen LogP contribution in [0, 0.1) is 5.92 Å². The summed E-state index contributed by atoms with van der Waals surface area (Å²) in [4.78, 5) is 0. The van der Waals surface area contributed by atoms with Crippen LogP contribution in [0.25, 0.3) is 0 Å². The van der Waals surface area contributed by atoms with E-state index in [2.05, 4.69) is 38.1 Å². The lowest BCUT2D eigenvalue weighted by Crippen LogP contribution is -2.35. The molecule has 0 unspecified atom stereocenters. The van der Waals surface area contributed by atoms with Gasteiger partial charge in [0.15, 0.2) is 0 Å². The summed E-state index contributed by atoms with van der Waals surface area (Å²) in [5.41, 5.74) is 1.25. The Balaban J connectivity index is 1.56. The van der Waals surface area contributed by atoms with Gasteiger partial charge in [-0.05, 0) is 38.2 Å². The Morgan fingerprint density at radius 2 is 1.88 bits per heavy atom. The molecule has 2 nitrogen and oxygen atoms in total. The zero-order valence-electron chi connectivity index (χ0n) is 10.8. The Labute approximate surface area is 104 Å². The van der Waals surface area contributed by atoms with Gasteiger partial charge in [-0.3, -0.25) is 0 Å². The van der Waals surface area contributed by atoms with E-state index in [4.69, 9.17) is 9.47 Å². The maximum Gasteiger partial charge on any atom is 0.0717 e. The molecule has 1 aromatic rings. The van der Waals surface area contributed by atoms with Gasteiger partial charge in [0, 0.05) is 0 Å². The highest BCUT2D eigenvalue weighted by atomic mass is 16.5. The molecule has 0 N–H and O–H groups in total. The van der Waals surface area contributed by atoms with E-state index in [1.165, 1.54) is 5.56 Å². The van der Waals surface area contributed by atoms with Gasteiger partial charge < -0.3 is 9.47 Å². The summed E-state index contributed by atoms with van der Waals surface area (Å²) in [5, 5.41) is 0. The van der Waals surface area contributed by atoms with Gasteiger partial charge >= 0.3 is 0 Å². The lowest BCUT2D eigenvalue weighted by Gasteiger charge is -2.36. The fourth-order valence-corrected chi connectivity index (χ4v) is 2.22. The molecule has 0 radical (unpaired) electrons. The molecule has 2 rings (SSSR count). The van der Waals surface area contributed by atoms with Crippen molar-refractivity contribution in [3.05, 3.63) is 35.9 Å². The number of benzene rings is 1. The van der Waals surface area contributed by atoms with Crippen LogP contribution in [-0.2, 0) is 16.1 Å². The maximum atomic E-state index is 5.73. The molecule has 0 spiro atoms. The molecule has 17 heavy (non-hydrogen) atoms. The third kappa shape index (κ3) is 4.14. The maximum absolute atomic E-state index is 5.73.